The van der Waals surface area contributed by atoms with Crippen molar-refractivity contribution in [2.75, 3.05) is 11.8 Å². The van der Waals surface area contributed by atoms with Gasteiger partial charge in [-0.1, -0.05) is 30.3 Å². The van der Waals surface area contributed by atoms with Crippen molar-refractivity contribution in [1.82, 2.24) is 5.32 Å². The fraction of sp³-hybridized carbons (Fsp3) is 0.130. The molecule has 9 heteroatoms. The number of anilines is 1. The Morgan fingerprint density at radius 1 is 0.938 bits per heavy atom. The summed E-state index contributed by atoms with van der Waals surface area (Å²) in [5, 5.41) is 2.62. The smallest absolute Gasteiger partial charge is 0.328 e. The second-order valence-electron chi connectivity index (χ2n) is 6.88. The van der Waals surface area contributed by atoms with Crippen LogP contribution in [0.1, 0.15) is 15.9 Å². The molecule has 0 fully saturated rings. The minimum absolute atomic E-state index is 0.0767. The number of esters is 1. The van der Waals surface area contributed by atoms with Crippen LogP contribution in [0.5, 0.6) is 0 Å². The molecule has 0 bridgehead atoms. The lowest BCUT2D eigenvalue weighted by molar-refractivity contribution is -0.142. The summed E-state index contributed by atoms with van der Waals surface area (Å²) in [4.78, 5) is 24.7. The highest BCUT2D eigenvalue weighted by Crippen LogP contribution is 2.17. The molecule has 0 radical (unpaired) electrons. The van der Waals surface area contributed by atoms with Gasteiger partial charge in [-0.25, -0.2) is 17.6 Å². The third-order valence-corrected chi connectivity index (χ3v) is 5.99. The Balaban J connectivity index is 1.71. The monoisotopic (exact) mass is 456 g/mol. The minimum Gasteiger partial charge on any atom is -0.467 e. The first-order valence-corrected chi connectivity index (χ1v) is 11.1. The summed E-state index contributed by atoms with van der Waals surface area (Å²) in [7, 11) is -2.69. The fourth-order valence-corrected chi connectivity index (χ4v) is 4.00. The first kappa shape index (κ1) is 23.0. The van der Waals surface area contributed by atoms with Crippen LogP contribution in [0.2, 0.25) is 0 Å². The normalized spacial score (nSPS) is 11.9. The van der Waals surface area contributed by atoms with Gasteiger partial charge >= 0.3 is 5.97 Å². The van der Waals surface area contributed by atoms with Crippen molar-refractivity contribution in [2.45, 2.75) is 17.4 Å². The van der Waals surface area contributed by atoms with Crippen LogP contribution in [0.3, 0.4) is 0 Å². The van der Waals surface area contributed by atoms with Crippen LogP contribution in [0.4, 0.5) is 10.1 Å². The molecule has 7 nitrogen and oxygen atoms in total. The van der Waals surface area contributed by atoms with Gasteiger partial charge in [0.05, 0.1) is 12.0 Å². The van der Waals surface area contributed by atoms with Gasteiger partial charge in [-0.3, -0.25) is 9.52 Å². The van der Waals surface area contributed by atoms with Gasteiger partial charge in [-0.2, -0.15) is 0 Å². The van der Waals surface area contributed by atoms with Crippen molar-refractivity contribution < 1.29 is 27.1 Å². The quantitative estimate of drug-likeness (QED) is 0.507. The van der Waals surface area contributed by atoms with Crippen LogP contribution in [0.15, 0.2) is 83.8 Å². The second-order valence-corrected chi connectivity index (χ2v) is 8.56. The number of rotatable bonds is 8. The number of carbonyl (C=O) groups is 2. The first-order chi connectivity index (χ1) is 15.3. The van der Waals surface area contributed by atoms with Gasteiger partial charge in [0.2, 0.25) is 0 Å². The van der Waals surface area contributed by atoms with Crippen LogP contribution in [-0.2, 0) is 26.0 Å². The first-order valence-electron chi connectivity index (χ1n) is 9.59. The van der Waals surface area contributed by atoms with Crippen molar-refractivity contribution in [2.24, 2.45) is 0 Å². The Kier molecular flexibility index (Phi) is 7.21. The number of sulfonamides is 1. The summed E-state index contributed by atoms with van der Waals surface area (Å²) in [5.74, 6) is -1.63. The molecule has 0 aliphatic rings. The predicted molar refractivity (Wildman–Crippen MR) is 117 cm³/mol. The molecule has 0 aliphatic heterocycles. The number of benzene rings is 3. The summed E-state index contributed by atoms with van der Waals surface area (Å²) in [6.45, 7) is 0. The van der Waals surface area contributed by atoms with E-state index in [-0.39, 0.29) is 22.6 Å². The number of methoxy groups -OCH3 is 1. The molecule has 0 aliphatic carbocycles. The highest BCUT2D eigenvalue weighted by atomic mass is 32.2. The number of carbonyl (C=O) groups excluding carboxylic acids is 2. The standard InChI is InChI=1S/C23H21FN2O5S/c1-31-23(28)21(15-16-5-3-2-4-6-16)25-22(27)17-7-13-20(14-8-17)32(29,30)26-19-11-9-18(24)10-12-19/h2-14,21,26H,15H2,1H3,(H,25,27)/t21-/m1/s1. The number of ether oxygens (including phenoxy) is 1. The lowest BCUT2D eigenvalue weighted by atomic mass is 10.1. The van der Waals surface area contributed by atoms with Crippen LogP contribution in [-0.4, -0.2) is 33.4 Å². The third-order valence-electron chi connectivity index (χ3n) is 4.60. The van der Waals surface area contributed by atoms with Crippen molar-refractivity contribution in [3.05, 3.63) is 95.8 Å². The largest absolute Gasteiger partial charge is 0.467 e. The molecule has 166 valence electrons. The molecule has 3 aromatic carbocycles. The van der Waals surface area contributed by atoms with Gasteiger partial charge in [0.1, 0.15) is 11.9 Å². The number of amides is 1. The summed E-state index contributed by atoms with van der Waals surface area (Å²) in [6, 6.07) is 18.3. The van der Waals surface area contributed by atoms with E-state index in [1.165, 1.54) is 43.5 Å². The van der Waals surface area contributed by atoms with Crippen LogP contribution >= 0.6 is 0 Å². The number of hydrogen-bond donors (Lipinski definition) is 2. The lowest BCUT2D eigenvalue weighted by Crippen LogP contribution is -2.43. The van der Waals surface area contributed by atoms with Gasteiger partial charge in [-0.15, -0.1) is 0 Å². The number of nitrogens with one attached hydrogen (secondary N) is 2. The third kappa shape index (κ3) is 5.92. The summed E-state index contributed by atoms with van der Waals surface area (Å²) >= 11 is 0. The zero-order valence-corrected chi connectivity index (χ0v) is 17.9. The van der Waals surface area contributed by atoms with E-state index in [4.69, 9.17) is 4.74 Å². The fourth-order valence-electron chi connectivity index (χ4n) is 2.94. The highest BCUT2D eigenvalue weighted by molar-refractivity contribution is 7.92. The molecule has 0 spiro atoms. The van der Waals surface area contributed by atoms with E-state index in [9.17, 15) is 22.4 Å². The average molecular weight is 456 g/mol. The summed E-state index contributed by atoms with van der Waals surface area (Å²) in [5.41, 5.74) is 1.22. The Morgan fingerprint density at radius 2 is 1.56 bits per heavy atom. The van der Waals surface area contributed by atoms with E-state index in [2.05, 4.69) is 10.0 Å². The molecule has 3 aromatic rings. The molecule has 0 aromatic heterocycles. The summed E-state index contributed by atoms with van der Waals surface area (Å²) < 4.78 is 45.1. The number of hydrogen-bond acceptors (Lipinski definition) is 5. The predicted octanol–water partition coefficient (Wildman–Crippen LogP) is 3.14. The zero-order valence-electron chi connectivity index (χ0n) is 17.1. The molecule has 1 atom stereocenters. The average Bonchev–Trinajstić information content (AvgIpc) is 2.80. The molecular weight excluding hydrogens is 435 g/mol. The second kappa shape index (κ2) is 10.1. The summed E-state index contributed by atoms with van der Waals surface area (Å²) in [6.07, 6.45) is 0.243. The Bertz CT molecular complexity index is 1180. The van der Waals surface area contributed by atoms with E-state index in [0.29, 0.717) is 0 Å². The molecule has 0 saturated heterocycles. The highest BCUT2D eigenvalue weighted by Gasteiger charge is 2.23. The van der Waals surface area contributed by atoms with Gasteiger partial charge in [0.25, 0.3) is 15.9 Å². The Hall–Kier alpha value is -3.72. The molecule has 3 rings (SSSR count). The van der Waals surface area contributed by atoms with E-state index in [1.54, 1.807) is 0 Å². The van der Waals surface area contributed by atoms with Gasteiger partial charge in [-0.05, 0) is 54.1 Å². The minimum atomic E-state index is -3.93. The maximum absolute atomic E-state index is 13.0. The van der Waals surface area contributed by atoms with E-state index in [1.807, 2.05) is 30.3 Å². The van der Waals surface area contributed by atoms with E-state index < -0.39 is 33.8 Å². The molecule has 0 saturated carbocycles. The maximum atomic E-state index is 13.0. The Morgan fingerprint density at radius 3 is 2.16 bits per heavy atom. The van der Waals surface area contributed by atoms with Gasteiger partial charge in [0.15, 0.2) is 0 Å². The SMILES string of the molecule is COC(=O)[C@@H](Cc1ccccc1)NC(=O)c1ccc(S(=O)(=O)Nc2ccc(F)cc2)cc1. The van der Waals surface area contributed by atoms with Gasteiger partial charge in [0, 0.05) is 17.7 Å². The van der Waals surface area contributed by atoms with Crippen LogP contribution in [0, 0.1) is 5.82 Å². The van der Waals surface area contributed by atoms with Crippen molar-refractivity contribution in [3.63, 3.8) is 0 Å². The van der Waals surface area contributed by atoms with Crippen molar-refractivity contribution in [1.29, 1.82) is 0 Å². The van der Waals surface area contributed by atoms with Crippen LogP contribution in [0.25, 0.3) is 0 Å². The molecule has 1 amide bonds. The molecule has 0 heterocycles. The van der Waals surface area contributed by atoms with E-state index in [0.717, 1.165) is 17.7 Å². The van der Waals surface area contributed by atoms with Crippen LogP contribution < -0.4 is 10.0 Å². The van der Waals surface area contributed by atoms with Crippen molar-refractivity contribution >= 4 is 27.6 Å². The molecule has 2 N–H and O–H groups in total. The van der Waals surface area contributed by atoms with Crippen molar-refractivity contribution in [3.8, 4) is 0 Å². The Labute approximate surface area is 185 Å². The molecular formula is C23H21FN2O5S. The lowest BCUT2D eigenvalue weighted by Gasteiger charge is -2.17. The van der Waals surface area contributed by atoms with E-state index >= 15 is 0 Å². The number of halogens is 1. The zero-order chi connectivity index (χ0) is 23.1. The molecule has 32 heavy (non-hydrogen) atoms. The topological polar surface area (TPSA) is 102 Å². The maximum Gasteiger partial charge on any atom is 0.328 e. The molecule has 0 unspecified atom stereocenters. The van der Waals surface area contributed by atoms with Gasteiger partial charge < -0.3 is 10.1 Å².